The molecule has 5 heterocycles. The number of nitrogens with one attached hydrogen (secondary N) is 3. The second-order valence-electron chi connectivity index (χ2n) is 13.7. The number of phenolic OH excluding ortho intramolecular Hbond substituents is 1. The number of aryl methyl sites for hydroxylation is 1. The number of ether oxygens (including phenoxy) is 1. The van der Waals surface area contributed by atoms with Crippen LogP contribution in [0.4, 0.5) is 22.0 Å². The number of piperidine rings is 1. The van der Waals surface area contributed by atoms with E-state index in [4.69, 9.17) is 42.9 Å². The van der Waals surface area contributed by atoms with Gasteiger partial charge in [-0.2, -0.15) is 0 Å². The zero-order valence-corrected chi connectivity index (χ0v) is 30.4. The minimum Gasteiger partial charge on any atom is -0.505 e. The van der Waals surface area contributed by atoms with Crippen molar-refractivity contribution < 1.29 is 14.6 Å². The first-order valence-corrected chi connectivity index (χ1v) is 17.8. The number of fused-ring (bicyclic) bond motifs is 2. The van der Waals surface area contributed by atoms with E-state index in [0.29, 0.717) is 28.8 Å². The van der Waals surface area contributed by atoms with Crippen LogP contribution in [0.1, 0.15) is 46.1 Å². The van der Waals surface area contributed by atoms with Crippen molar-refractivity contribution in [1.82, 2.24) is 25.3 Å². The predicted octanol–water partition coefficient (Wildman–Crippen LogP) is 9.65. The third-order valence-corrected chi connectivity index (χ3v) is 9.46. The SMILES string of the molecule is CCc1c(-c2cc(Nc3ccc(N4CCC[C@H](NC(=O)OC(C)(C)C)C4)nc3)c3nc(-c4cc(Cl)c(O)c(Cl)c4)ccc3n2)[nH]c2ccccc12. The molecule has 1 aliphatic heterocycles. The largest absolute Gasteiger partial charge is 0.505 e. The molecule has 4 aromatic heterocycles. The van der Waals surface area contributed by atoms with E-state index in [1.165, 1.54) is 10.9 Å². The van der Waals surface area contributed by atoms with E-state index in [2.05, 4.69) is 39.6 Å². The standard InChI is InChI=1S/C39H39Cl2N7O3/c1-5-25-26-10-6-7-11-30(26)47-35(25)32-19-33(36-31(45-32)14-13-29(46-36)22-17-27(40)37(49)28(41)18-22)43-23-12-15-34(42-20-23)48-16-8-9-24(21-48)44-38(50)51-39(2,3)4/h6-7,10-15,17-20,24,47,49H,5,8-9,16,21H2,1-4H3,(H,43,45)(H,44,50)/t24-/m0/s1. The Kier molecular flexibility index (Phi) is 9.39. The molecule has 6 aromatic rings. The summed E-state index contributed by atoms with van der Waals surface area (Å²) in [5.74, 6) is 0.653. The van der Waals surface area contributed by atoms with Gasteiger partial charge in [0.05, 0.1) is 50.2 Å². The highest BCUT2D eigenvalue weighted by Crippen LogP contribution is 2.38. The van der Waals surface area contributed by atoms with Gasteiger partial charge in [0, 0.05) is 35.6 Å². The number of alkyl carbamates (subject to hydrolysis) is 1. The molecule has 12 heteroatoms. The van der Waals surface area contributed by atoms with Crippen LogP contribution in [-0.2, 0) is 11.2 Å². The predicted molar refractivity (Wildman–Crippen MR) is 205 cm³/mol. The number of carbonyl (C=O) groups is 1. The molecule has 0 aliphatic carbocycles. The number of phenols is 1. The second kappa shape index (κ2) is 13.9. The van der Waals surface area contributed by atoms with E-state index in [9.17, 15) is 9.90 Å². The number of aromatic hydroxyl groups is 1. The normalized spacial score (nSPS) is 14.9. The van der Waals surface area contributed by atoms with E-state index in [1.54, 1.807) is 18.3 Å². The molecule has 1 fully saturated rings. The van der Waals surface area contributed by atoms with Crippen LogP contribution in [0.3, 0.4) is 0 Å². The molecule has 0 bridgehead atoms. The summed E-state index contributed by atoms with van der Waals surface area (Å²) < 4.78 is 5.47. The van der Waals surface area contributed by atoms with Gasteiger partial charge in [0.1, 0.15) is 16.9 Å². The van der Waals surface area contributed by atoms with E-state index < -0.39 is 11.7 Å². The molecule has 4 N–H and O–H groups in total. The number of amides is 1. The Morgan fingerprint density at radius 2 is 1.82 bits per heavy atom. The summed E-state index contributed by atoms with van der Waals surface area (Å²) in [7, 11) is 0. The molecule has 0 spiro atoms. The van der Waals surface area contributed by atoms with Gasteiger partial charge in [0.25, 0.3) is 0 Å². The van der Waals surface area contributed by atoms with Crippen LogP contribution >= 0.6 is 23.2 Å². The molecule has 2 aromatic carbocycles. The van der Waals surface area contributed by atoms with E-state index >= 15 is 0 Å². The number of anilines is 3. The molecule has 0 radical (unpaired) electrons. The number of hydrogen-bond acceptors (Lipinski definition) is 8. The van der Waals surface area contributed by atoms with E-state index in [1.807, 2.05) is 63.2 Å². The number of aromatic nitrogens is 4. The second-order valence-corrected chi connectivity index (χ2v) is 14.6. The van der Waals surface area contributed by atoms with Crippen molar-refractivity contribution in [3.05, 3.63) is 88.5 Å². The van der Waals surface area contributed by atoms with Gasteiger partial charge in [-0.05, 0) is 94.1 Å². The van der Waals surface area contributed by atoms with Gasteiger partial charge in [-0.3, -0.25) is 0 Å². The van der Waals surface area contributed by atoms with Crippen molar-refractivity contribution >= 4 is 68.4 Å². The van der Waals surface area contributed by atoms with Gasteiger partial charge < -0.3 is 30.4 Å². The first-order chi connectivity index (χ1) is 24.5. The summed E-state index contributed by atoms with van der Waals surface area (Å²) >= 11 is 12.5. The first kappa shape index (κ1) is 34.4. The first-order valence-electron chi connectivity index (χ1n) is 17.0. The Bertz CT molecular complexity index is 2230. The van der Waals surface area contributed by atoms with Crippen LogP contribution < -0.4 is 15.5 Å². The Balaban J connectivity index is 1.22. The monoisotopic (exact) mass is 723 g/mol. The number of para-hydroxylation sites is 1. The van der Waals surface area contributed by atoms with Gasteiger partial charge in [-0.25, -0.2) is 19.7 Å². The number of benzene rings is 2. The number of H-pyrrole nitrogens is 1. The Morgan fingerprint density at radius 1 is 1.04 bits per heavy atom. The molecule has 0 saturated carbocycles. The van der Waals surface area contributed by atoms with Crippen LogP contribution in [0.15, 0.2) is 72.9 Å². The third-order valence-electron chi connectivity index (χ3n) is 8.88. The number of carbonyl (C=O) groups excluding carboxylic acids is 1. The molecular weight excluding hydrogens is 685 g/mol. The molecule has 0 unspecified atom stereocenters. The molecule has 1 saturated heterocycles. The van der Waals surface area contributed by atoms with Crippen LogP contribution in [0.25, 0.3) is 44.6 Å². The number of pyridine rings is 3. The third kappa shape index (κ3) is 7.38. The molecule has 51 heavy (non-hydrogen) atoms. The highest BCUT2D eigenvalue weighted by Gasteiger charge is 2.25. The Morgan fingerprint density at radius 3 is 2.55 bits per heavy atom. The zero-order chi connectivity index (χ0) is 35.9. The van der Waals surface area contributed by atoms with Crippen molar-refractivity contribution in [3.63, 3.8) is 0 Å². The number of hydrogen-bond donors (Lipinski definition) is 4. The van der Waals surface area contributed by atoms with Crippen LogP contribution in [0.5, 0.6) is 5.75 Å². The van der Waals surface area contributed by atoms with Gasteiger partial charge in [0.2, 0.25) is 0 Å². The lowest BCUT2D eigenvalue weighted by molar-refractivity contribution is 0.0500. The summed E-state index contributed by atoms with van der Waals surface area (Å²) in [6.45, 7) is 9.20. The summed E-state index contributed by atoms with van der Waals surface area (Å²) in [4.78, 5) is 33.1. The van der Waals surface area contributed by atoms with Crippen molar-refractivity contribution in [2.45, 2.75) is 58.6 Å². The Labute approximate surface area is 306 Å². The van der Waals surface area contributed by atoms with Crippen LogP contribution in [0, 0.1) is 0 Å². The van der Waals surface area contributed by atoms with Crippen molar-refractivity contribution in [2.24, 2.45) is 0 Å². The van der Waals surface area contributed by atoms with Gasteiger partial charge >= 0.3 is 6.09 Å². The van der Waals surface area contributed by atoms with Gasteiger partial charge in [0.15, 0.2) is 5.75 Å². The highest BCUT2D eigenvalue weighted by atomic mass is 35.5. The highest BCUT2D eigenvalue weighted by molar-refractivity contribution is 6.37. The maximum atomic E-state index is 12.4. The maximum absolute atomic E-state index is 12.4. The van der Waals surface area contributed by atoms with E-state index in [-0.39, 0.29) is 21.8 Å². The summed E-state index contributed by atoms with van der Waals surface area (Å²) in [5, 5.41) is 18.2. The lowest BCUT2D eigenvalue weighted by atomic mass is 10.1. The molecule has 1 amide bonds. The zero-order valence-electron chi connectivity index (χ0n) is 28.8. The molecule has 1 aliphatic rings. The molecule has 7 rings (SSSR count). The topological polar surface area (TPSA) is 128 Å². The minimum absolute atomic E-state index is 0.0360. The molecular formula is C39H39Cl2N7O3. The summed E-state index contributed by atoms with van der Waals surface area (Å²) in [5.41, 5.74) is 7.55. The number of halogens is 2. The van der Waals surface area contributed by atoms with Crippen LogP contribution in [0.2, 0.25) is 10.0 Å². The Hall–Kier alpha value is -5.06. The van der Waals surface area contributed by atoms with E-state index in [0.717, 1.165) is 59.9 Å². The summed E-state index contributed by atoms with van der Waals surface area (Å²) in [6, 6.07) is 21.3. The lowest BCUT2D eigenvalue weighted by Crippen LogP contribution is -2.49. The fraction of sp³-hybridized carbons (Fsp3) is 0.282. The summed E-state index contributed by atoms with van der Waals surface area (Å²) in [6.07, 6.45) is 4.03. The molecule has 10 nitrogen and oxygen atoms in total. The van der Waals surface area contributed by atoms with Crippen molar-refractivity contribution in [3.8, 4) is 28.4 Å². The number of rotatable bonds is 7. The molecule has 262 valence electrons. The quantitative estimate of drug-likeness (QED) is 0.128. The molecule has 1 atom stereocenters. The average Bonchev–Trinajstić information content (AvgIpc) is 3.48. The fourth-order valence-electron chi connectivity index (χ4n) is 6.57. The van der Waals surface area contributed by atoms with Gasteiger partial charge in [-0.15, -0.1) is 0 Å². The van der Waals surface area contributed by atoms with Crippen molar-refractivity contribution in [1.29, 1.82) is 0 Å². The number of nitrogens with zero attached hydrogens (tertiary/aromatic N) is 4. The fourth-order valence-corrected chi connectivity index (χ4v) is 7.06. The van der Waals surface area contributed by atoms with Crippen LogP contribution in [-0.4, -0.2) is 55.9 Å². The maximum Gasteiger partial charge on any atom is 0.407 e. The van der Waals surface area contributed by atoms with Crippen molar-refractivity contribution in [2.75, 3.05) is 23.3 Å². The lowest BCUT2D eigenvalue weighted by Gasteiger charge is -2.34. The minimum atomic E-state index is -0.554. The average molecular weight is 725 g/mol. The smallest absolute Gasteiger partial charge is 0.407 e. The van der Waals surface area contributed by atoms with Gasteiger partial charge in [-0.1, -0.05) is 48.3 Å². The number of aromatic amines is 1.